The Bertz CT molecular complexity index is 675. The number of amides is 2. The van der Waals surface area contributed by atoms with Crippen LogP contribution in [0.4, 0.5) is 5.69 Å². The van der Waals surface area contributed by atoms with Gasteiger partial charge in [-0.25, -0.2) is 0 Å². The first-order chi connectivity index (χ1) is 11.8. The highest BCUT2D eigenvalue weighted by Crippen LogP contribution is 2.27. The fourth-order valence-electron chi connectivity index (χ4n) is 2.96. The van der Waals surface area contributed by atoms with Crippen LogP contribution in [0.2, 0.25) is 5.02 Å². The molecule has 2 atom stereocenters. The van der Waals surface area contributed by atoms with E-state index in [0.717, 1.165) is 0 Å². The summed E-state index contributed by atoms with van der Waals surface area (Å²) in [6, 6.07) is 4.58. The molecule has 1 aromatic carbocycles. The summed E-state index contributed by atoms with van der Waals surface area (Å²) in [6.07, 6.45) is 2.00. The Kier molecular flexibility index (Phi) is 6.42. The molecule has 0 aromatic heterocycles. The third-order valence-electron chi connectivity index (χ3n) is 4.21. The van der Waals surface area contributed by atoms with E-state index in [1.807, 2.05) is 13.8 Å². The lowest BCUT2D eigenvalue weighted by Gasteiger charge is -2.14. The largest absolute Gasteiger partial charge is 0.481 e. The van der Waals surface area contributed by atoms with Gasteiger partial charge in [0.15, 0.2) is 0 Å². The molecule has 25 heavy (non-hydrogen) atoms. The summed E-state index contributed by atoms with van der Waals surface area (Å²) >= 11 is 6.11. The molecule has 1 aromatic rings. The number of rotatable bonds is 6. The van der Waals surface area contributed by atoms with Crippen LogP contribution in [0, 0.1) is 11.8 Å². The number of hydrogen-bond donors (Lipinski definition) is 3. The van der Waals surface area contributed by atoms with E-state index < -0.39 is 11.9 Å². The second kappa shape index (κ2) is 8.34. The van der Waals surface area contributed by atoms with Gasteiger partial charge >= 0.3 is 5.97 Å². The monoisotopic (exact) mass is 366 g/mol. The molecule has 1 aliphatic rings. The fraction of sp³-hybridized carbons (Fsp3) is 0.500. The first kappa shape index (κ1) is 19.2. The summed E-state index contributed by atoms with van der Waals surface area (Å²) in [4.78, 5) is 35.3. The SMILES string of the molecule is CC(C)CC(=O)Nc1ccc(Cl)c(C(=O)N[C@H]2CC[C@@H](C(=O)O)C2)c1. The number of carbonyl (C=O) groups excluding carboxylic acids is 2. The summed E-state index contributed by atoms with van der Waals surface area (Å²) in [5.41, 5.74) is 0.776. The quantitative estimate of drug-likeness (QED) is 0.719. The van der Waals surface area contributed by atoms with Crippen molar-refractivity contribution in [2.24, 2.45) is 11.8 Å². The van der Waals surface area contributed by atoms with E-state index in [1.165, 1.54) is 0 Å². The summed E-state index contributed by atoms with van der Waals surface area (Å²) in [7, 11) is 0. The molecule has 0 aliphatic heterocycles. The van der Waals surface area contributed by atoms with E-state index in [9.17, 15) is 14.4 Å². The number of carboxylic acid groups (broad SMARTS) is 1. The molecule has 1 fully saturated rings. The van der Waals surface area contributed by atoms with Gasteiger partial charge in [-0.15, -0.1) is 0 Å². The maximum Gasteiger partial charge on any atom is 0.306 e. The maximum absolute atomic E-state index is 12.5. The van der Waals surface area contributed by atoms with Gasteiger partial charge in [0, 0.05) is 18.2 Å². The predicted molar refractivity (Wildman–Crippen MR) is 95.8 cm³/mol. The van der Waals surface area contributed by atoms with Crippen molar-refractivity contribution >= 4 is 35.1 Å². The zero-order valence-corrected chi connectivity index (χ0v) is 15.1. The van der Waals surface area contributed by atoms with Crippen molar-refractivity contribution in [3.8, 4) is 0 Å². The molecule has 0 radical (unpaired) electrons. The normalized spacial score (nSPS) is 19.7. The molecule has 2 rings (SSSR count). The Hall–Kier alpha value is -2.08. The van der Waals surface area contributed by atoms with E-state index in [2.05, 4.69) is 10.6 Å². The van der Waals surface area contributed by atoms with Crippen LogP contribution in [0.1, 0.15) is 49.9 Å². The van der Waals surface area contributed by atoms with Crippen molar-refractivity contribution in [3.63, 3.8) is 0 Å². The third-order valence-corrected chi connectivity index (χ3v) is 4.54. The molecular weight excluding hydrogens is 344 g/mol. The first-order valence-electron chi connectivity index (χ1n) is 8.39. The molecule has 3 N–H and O–H groups in total. The Morgan fingerprint density at radius 3 is 2.60 bits per heavy atom. The smallest absolute Gasteiger partial charge is 0.306 e. The van der Waals surface area contributed by atoms with Gasteiger partial charge in [0.25, 0.3) is 5.91 Å². The van der Waals surface area contributed by atoms with Gasteiger partial charge in [-0.05, 0) is 43.4 Å². The minimum absolute atomic E-state index is 0.122. The minimum atomic E-state index is -0.829. The number of nitrogens with one attached hydrogen (secondary N) is 2. The molecule has 1 saturated carbocycles. The highest BCUT2D eigenvalue weighted by Gasteiger charge is 2.31. The van der Waals surface area contributed by atoms with Crippen LogP contribution in [0.15, 0.2) is 18.2 Å². The Morgan fingerprint density at radius 2 is 2.00 bits per heavy atom. The van der Waals surface area contributed by atoms with E-state index in [0.29, 0.717) is 31.4 Å². The van der Waals surface area contributed by atoms with E-state index in [1.54, 1.807) is 18.2 Å². The molecule has 0 saturated heterocycles. The highest BCUT2D eigenvalue weighted by molar-refractivity contribution is 6.34. The van der Waals surface area contributed by atoms with E-state index in [4.69, 9.17) is 16.7 Å². The summed E-state index contributed by atoms with van der Waals surface area (Å²) in [6.45, 7) is 3.90. The molecule has 0 bridgehead atoms. The van der Waals surface area contributed by atoms with Crippen molar-refractivity contribution in [2.45, 2.75) is 45.6 Å². The van der Waals surface area contributed by atoms with Crippen LogP contribution in [-0.4, -0.2) is 28.9 Å². The summed E-state index contributed by atoms with van der Waals surface area (Å²) in [5.74, 6) is -1.49. The van der Waals surface area contributed by atoms with Gasteiger partial charge in [0.2, 0.25) is 5.91 Å². The van der Waals surface area contributed by atoms with Gasteiger partial charge in [0.05, 0.1) is 16.5 Å². The zero-order valence-electron chi connectivity index (χ0n) is 14.3. The second-order valence-electron chi connectivity index (χ2n) is 6.86. The first-order valence-corrected chi connectivity index (χ1v) is 8.77. The van der Waals surface area contributed by atoms with Crippen LogP contribution >= 0.6 is 11.6 Å². The number of carbonyl (C=O) groups is 3. The number of hydrogen-bond acceptors (Lipinski definition) is 3. The van der Waals surface area contributed by atoms with Gasteiger partial charge in [-0.2, -0.15) is 0 Å². The fourth-order valence-corrected chi connectivity index (χ4v) is 3.16. The van der Waals surface area contributed by atoms with E-state index >= 15 is 0 Å². The molecular formula is C18H23ClN2O4. The van der Waals surface area contributed by atoms with E-state index in [-0.39, 0.29) is 34.4 Å². The maximum atomic E-state index is 12.5. The number of aliphatic carboxylic acids is 1. The molecule has 0 spiro atoms. The van der Waals surface area contributed by atoms with Gasteiger partial charge in [-0.1, -0.05) is 25.4 Å². The van der Waals surface area contributed by atoms with Gasteiger partial charge in [0.1, 0.15) is 0 Å². The number of benzene rings is 1. The predicted octanol–water partition coefficient (Wildman–Crippen LogP) is 3.31. The second-order valence-corrected chi connectivity index (χ2v) is 7.27. The average Bonchev–Trinajstić information content (AvgIpc) is 2.97. The van der Waals surface area contributed by atoms with Crippen LogP contribution in [0.5, 0.6) is 0 Å². The van der Waals surface area contributed by atoms with Gasteiger partial charge in [-0.3, -0.25) is 14.4 Å². The molecule has 2 amide bonds. The third kappa shape index (κ3) is 5.46. The number of anilines is 1. The topological polar surface area (TPSA) is 95.5 Å². The van der Waals surface area contributed by atoms with Crippen LogP contribution < -0.4 is 10.6 Å². The van der Waals surface area contributed by atoms with Crippen LogP contribution in [-0.2, 0) is 9.59 Å². The molecule has 1 aliphatic carbocycles. The lowest BCUT2D eigenvalue weighted by atomic mass is 10.1. The lowest BCUT2D eigenvalue weighted by Crippen LogP contribution is -2.33. The van der Waals surface area contributed by atoms with Crippen LogP contribution in [0.25, 0.3) is 0 Å². The van der Waals surface area contributed by atoms with Crippen molar-refractivity contribution in [1.82, 2.24) is 5.32 Å². The molecule has 7 heteroatoms. The number of halogens is 1. The van der Waals surface area contributed by atoms with Gasteiger partial charge < -0.3 is 15.7 Å². The average molecular weight is 367 g/mol. The Morgan fingerprint density at radius 1 is 1.28 bits per heavy atom. The summed E-state index contributed by atoms with van der Waals surface area (Å²) < 4.78 is 0. The standard InChI is InChI=1S/C18H23ClN2O4/c1-10(2)7-16(22)20-13-5-6-15(19)14(9-13)17(23)21-12-4-3-11(8-12)18(24)25/h5-6,9-12H,3-4,7-8H2,1-2H3,(H,20,22)(H,21,23)(H,24,25)/t11-,12+/m1/s1. The number of carboxylic acids is 1. The van der Waals surface area contributed by atoms with Crippen molar-refractivity contribution in [3.05, 3.63) is 28.8 Å². The highest BCUT2D eigenvalue weighted by atomic mass is 35.5. The lowest BCUT2D eigenvalue weighted by molar-refractivity contribution is -0.141. The zero-order chi connectivity index (χ0) is 18.6. The molecule has 136 valence electrons. The molecule has 0 heterocycles. The summed E-state index contributed by atoms with van der Waals surface area (Å²) in [5, 5.41) is 14.9. The minimum Gasteiger partial charge on any atom is -0.481 e. The van der Waals surface area contributed by atoms with Crippen molar-refractivity contribution in [2.75, 3.05) is 5.32 Å². The Balaban J connectivity index is 2.03. The van der Waals surface area contributed by atoms with Crippen molar-refractivity contribution in [1.29, 1.82) is 0 Å². The molecule has 0 unspecified atom stereocenters. The Labute approximate surface area is 151 Å². The molecule has 6 nitrogen and oxygen atoms in total. The van der Waals surface area contributed by atoms with Crippen LogP contribution in [0.3, 0.4) is 0 Å². The van der Waals surface area contributed by atoms with Crippen molar-refractivity contribution < 1.29 is 19.5 Å².